The second-order valence-corrected chi connectivity index (χ2v) is 4.19. The Morgan fingerprint density at radius 2 is 2.22 bits per heavy atom. The Morgan fingerprint density at radius 1 is 1.33 bits per heavy atom. The average Bonchev–Trinajstić information content (AvgIpc) is 2.38. The van der Waals surface area contributed by atoms with Crippen LogP contribution < -0.4 is 5.32 Å². The summed E-state index contributed by atoms with van der Waals surface area (Å²) in [6.07, 6.45) is 4.51. The molecule has 4 nitrogen and oxygen atoms in total. The van der Waals surface area contributed by atoms with Crippen LogP contribution in [0.2, 0.25) is 0 Å². The Hall–Kier alpha value is -1.94. The van der Waals surface area contributed by atoms with Crippen molar-refractivity contribution in [3.05, 3.63) is 42.2 Å². The van der Waals surface area contributed by atoms with Gasteiger partial charge in [0, 0.05) is 30.7 Å². The van der Waals surface area contributed by atoms with Crippen LogP contribution in [0.5, 0.6) is 0 Å². The zero-order valence-electron chi connectivity index (χ0n) is 10.1. The highest BCUT2D eigenvalue weighted by molar-refractivity contribution is 5.84. The topological polar surface area (TPSA) is 62.2 Å². The van der Waals surface area contributed by atoms with E-state index in [0.717, 1.165) is 11.9 Å². The molecule has 0 saturated carbocycles. The van der Waals surface area contributed by atoms with E-state index in [1.807, 2.05) is 24.4 Å². The number of carboxylic acids is 1. The summed E-state index contributed by atoms with van der Waals surface area (Å²) in [5, 5.41) is 14.1. The molecule has 18 heavy (non-hydrogen) atoms. The van der Waals surface area contributed by atoms with Crippen LogP contribution in [0.1, 0.15) is 18.4 Å². The van der Waals surface area contributed by atoms with Crippen molar-refractivity contribution in [3.8, 4) is 0 Å². The summed E-state index contributed by atoms with van der Waals surface area (Å²) in [5.74, 6) is -0.743. The van der Waals surface area contributed by atoms with E-state index in [0.29, 0.717) is 13.0 Å². The minimum Gasteiger partial charge on any atom is -0.481 e. The van der Waals surface area contributed by atoms with Crippen molar-refractivity contribution in [1.82, 2.24) is 10.3 Å². The molecule has 2 N–H and O–H groups in total. The van der Waals surface area contributed by atoms with Crippen LogP contribution >= 0.6 is 0 Å². The maximum absolute atomic E-state index is 10.4. The smallest absolute Gasteiger partial charge is 0.303 e. The number of hydrogen-bond donors (Lipinski definition) is 2. The summed E-state index contributed by atoms with van der Waals surface area (Å²) in [4.78, 5) is 14.5. The minimum absolute atomic E-state index is 0.215. The predicted octanol–water partition coefficient (Wildman–Crippen LogP) is 2.19. The number of benzene rings is 1. The van der Waals surface area contributed by atoms with Crippen molar-refractivity contribution in [1.29, 1.82) is 0 Å². The first-order valence-electron chi connectivity index (χ1n) is 6.01. The highest BCUT2D eigenvalue weighted by Gasteiger charge is 2.00. The number of aromatic nitrogens is 1. The first-order chi connectivity index (χ1) is 8.77. The lowest BCUT2D eigenvalue weighted by molar-refractivity contribution is -0.137. The quantitative estimate of drug-likeness (QED) is 0.765. The number of pyridine rings is 1. The number of carboxylic acid groups (broad SMARTS) is 1. The third-order valence-corrected chi connectivity index (χ3v) is 2.83. The maximum Gasteiger partial charge on any atom is 0.303 e. The van der Waals surface area contributed by atoms with Crippen LogP contribution in [0.4, 0.5) is 0 Å². The molecule has 1 heterocycles. The minimum atomic E-state index is -0.743. The highest BCUT2D eigenvalue weighted by Crippen LogP contribution is 2.16. The summed E-state index contributed by atoms with van der Waals surface area (Å²) in [7, 11) is 0. The van der Waals surface area contributed by atoms with Gasteiger partial charge < -0.3 is 10.4 Å². The number of hydrogen-bond acceptors (Lipinski definition) is 3. The van der Waals surface area contributed by atoms with Gasteiger partial charge in [-0.1, -0.05) is 18.2 Å². The van der Waals surface area contributed by atoms with Crippen molar-refractivity contribution in [2.75, 3.05) is 6.54 Å². The SMILES string of the molecule is O=C(O)CCCNCc1cccc2cnccc12. The van der Waals surface area contributed by atoms with E-state index in [4.69, 9.17) is 5.11 Å². The first-order valence-corrected chi connectivity index (χ1v) is 6.01. The summed E-state index contributed by atoms with van der Waals surface area (Å²) < 4.78 is 0. The highest BCUT2D eigenvalue weighted by atomic mass is 16.4. The number of rotatable bonds is 6. The van der Waals surface area contributed by atoms with Crippen LogP contribution in [0.15, 0.2) is 36.7 Å². The number of nitrogens with one attached hydrogen (secondary N) is 1. The Morgan fingerprint density at radius 3 is 3.06 bits per heavy atom. The molecule has 2 rings (SSSR count). The number of carbonyl (C=O) groups is 1. The molecular weight excluding hydrogens is 228 g/mol. The zero-order valence-corrected chi connectivity index (χ0v) is 10.1. The van der Waals surface area contributed by atoms with E-state index in [1.54, 1.807) is 6.20 Å². The predicted molar refractivity (Wildman–Crippen MR) is 70.3 cm³/mol. The van der Waals surface area contributed by atoms with Gasteiger partial charge in [-0.25, -0.2) is 0 Å². The largest absolute Gasteiger partial charge is 0.481 e. The maximum atomic E-state index is 10.4. The summed E-state index contributed by atoms with van der Waals surface area (Å²) in [5.41, 5.74) is 1.21. The van der Waals surface area contributed by atoms with Crippen molar-refractivity contribution >= 4 is 16.7 Å². The number of aliphatic carboxylic acids is 1. The number of fused-ring (bicyclic) bond motifs is 1. The van der Waals surface area contributed by atoms with Crippen molar-refractivity contribution in [3.63, 3.8) is 0 Å². The molecule has 94 valence electrons. The van der Waals surface area contributed by atoms with Gasteiger partial charge in [0.1, 0.15) is 0 Å². The standard InChI is InChI=1S/C14H16N2O2/c17-14(18)5-2-7-15-9-11-3-1-4-12-10-16-8-6-13(11)12/h1,3-4,6,8,10,15H,2,5,7,9H2,(H,17,18). The summed E-state index contributed by atoms with van der Waals surface area (Å²) in [6.45, 7) is 1.47. The van der Waals surface area contributed by atoms with Gasteiger partial charge in [0.2, 0.25) is 0 Å². The fourth-order valence-electron chi connectivity index (χ4n) is 1.93. The molecule has 0 aliphatic rings. The Bertz CT molecular complexity index is 535. The molecule has 1 aromatic heterocycles. The van der Waals surface area contributed by atoms with Gasteiger partial charge in [-0.15, -0.1) is 0 Å². The molecule has 4 heteroatoms. The third-order valence-electron chi connectivity index (χ3n) is 2.83. The van der Waals surface area contributed by atoms with Crippen molar-refractivity contribution < 1.29 is 9.90 Å². The van der Waals surface area contributed by atoms with E-state index < -0.39 is 5.97 Å². The van der Waals surface area contributed by atoms with E-state index in [2.05, 4.69) is 16.4 Å². The first kappa shape index (κ1) is 12.5. The van der Waals surface area contributed by atoms with E-state index in [1.165, 1.54) is 10.9 Å². The zero-order chi connectivity index (χ0) is 12.8. The lowest BCUT2D eigenvalue weighted by Crippen LogP contribution is -2.15. The van der Waals surface area contributed by atoms with E-state index in [9.17, 15) is 4.79 Å². The molecule has 0 aliphatic carbocycles. The molecular formula is C14H16N2O2. The molecule has 1 aromatic carbocycles. The molecule has 0 unspecified atom stereocenters. The lowest BCUT2D eigenvalue weighted by atomic mass is 10.1. The lowest BCUT2D eigenvalue weighted by Gasteiger charge is -2.07. The second-order valence-electron chi connectivity index (χ2n) is 4.19. The van der Waals surface area contributed by atoms with Gasteiger partial charge in [-0.2, -0.15) is 0 Å². The molecule has 0 amide bonds. The summed E-state index contributed by atoms with van der Waals surface area (Å²) in [6, 6.07) is 8.13. The van der Waals surface area contributed by atoms with Crippen molar-refractivity contribution in [2.45, 2.75) is 19.4 Å². The number of nitrogens with zero attached hydrogens (tertiary/aromatic N) is 1. The van der Waals surface area contributed by atoms with Gasteiger partial charge in [-0.05, 0) is 30.0 Å². The molecule has 0 atom stereocenters. The molecule has 0 spiro atoms. The molecule has 2 aromatic rings. The fraction of sp³-hybridized carbons (Fsp3) is 0.286. The Kier molecular flexibility index (Phi) is 4.25. The third kappa shape index (κ3) is 3.28. The molecule has 0 radical (unpaired) electrons. The van der Waals surface area contributed by atoms with Gasteiger partial charge in [0.05, 0.1) is 0 Å². The molecule has 0 fully saturated rings. The van der Waals surface area contributed by atoms with Crippen LogP contribution in [0, 0.1) is 0 Å². The molecule has 0 aliphatic heterocycles. The second kappa shape index (κ2) is 6.12. The Balaban J connectivity index is 1.93. The van der Waals surface area contributed by atoms with Crippen LogP contribution in [0.3, 0.4) is 0 Å². The van der Waals surface area contributed by atoms with Crippen LogP contribution in [0.25, 0.3) is 10.8 Å². The monoisotopic (exact) mass is 244 g/mol. The molecule has 0 bridgehead atoms. The fourth-order valence-corrected chi connectivity index (χ4v) is 1.93. The van der Waals surface area contributed by atoms with Crippen molar-refractivity contribution in [2.24, 2.45) is 0 Å². The van der Waals surface area contributed by atoms with Gasteiger partial charge in [-0.3, -0.25) is 9.78 Å². The molecule has 0 saturated heterocycles. The Labute approximate surface area is 106 Å². The van der Waals surface area contributed by atoms with Gasteiger partial charge in [0.15, 0.2) is 0 Å². The van der Waals surface area contributed by atoms with E-state index in [-0.39, 0.29) is 6.42 Å². The van der Waals surface area contributed by atoms with Gasteiger partial charge in [0.25, 0.3) is 0 Å². The van der Waals surface area contributed by atoms with Crippen LogP contribution in [-0.4, -0.2) is 22.6 Å². The summed E-state index contributed by atoms with van der Waals surface area (Å²) >= 11 is 0. The normalized spacial score (nSPS) is 10.7. The average molecular weight is 244 g/mol. The van der Waals surface area contributed by atoms with Gasteiger partial charge >= 0.3 is 5.97 Å². The van der Waals surface area contributed by atoms with Crippen LogP contribution in [-0.2, 0) is 11.3 Å². The van der Waals surface area contributed by atoms with E-state index >= 15 is 0 Å².